The molecule has 1 aliphatic heterocycles. The van der Waals surface area contributed by atoms with Crippen molar-refractivity contribution in [2.75, 3.05) is 39.8 Å². The Kier molecular flexibility index (Phi) is 4.35. The minimum absolute atomic E-state index is 0.228. The summed E-state index contributed by atoms with van der Waals surface area (Å²) in [5.41, 5.74) is 5.57. The lowest BCUT2D eigenvalue weighted by Gasteiger charge is -2.22. The number of hydrogen-bond acceptors (Lipinski definition) is 3. The first-order chi connectivity index (χ1) is 6.63. The zero-order chi connectivity index (χ0) is 10.6. The van der Waals surface area contributed by atoms with Gasteiger partial charge >= 0.3 is 0 Å². The summed E-state index contributed by atoms with van der Waals surface area (Å²) in [6, 6.07) is 0. The molecule has 1 amide bonds. The smallest absolute Gasteiger partial charge is 0.236 e. The summed E-state index contributed by atoms with van der Waals surface area (Å²) in [6.07, 6.45) is 1.07. The minimum Gasteiger partial charge on any atom is -0.345 e. The lowest BCUT2D eigenvalue weighted by molar-refractivity contribution is -0.129. The Morgan fingerprint density at radius 2 is 2.21 bits per heavy atom. The van der Waals surface area contributed by atoms with E-state index >= 15 is 0 Å². The van der Waals surface area contributed by atoms with Gasteiger partial charge in [0.05, 0.1) is 6.54 Å². The van der Waals surface area contributed by atoms with Gasteiger partial charge in [0.1, 0.15) is 0 Å². The molecule has 1 rings (SSSR count). The Balaban J connectivity index is 2.42. The highest BCUT2D eigenvalue weighted by Gasteiger charge is 2.19. The molecule has 0 radical (unpaired) electrons. The van der Waals surface area contributed by atoms with E-state index in [9.17, 15) is 4.79 Å². The lowest BCUT2D eigenvalue weighted by Crippen LogP contribution is -2.37. The molecule has 0 aromatic heterocycles. The van der Waals surface area contributed by atoms with Gasteiger partial charge < -0.3 is 10.6 Å². The van der Waals surface area contributed by atoms with Gasteiger partial charge in [0.25, 0.3) is 0 Å². The summed E-state index contributed by atoms with van der Waals surface area (Å²) >= 11 is 0. The second-order valence-electron chi connectivity index (χ2n) is 4.24. The van der Waals surface area contributed by atoms with Crippen LogP contribution in [0, 0.1) is 5.92 Å². The largest absolute Gasteiger partial charge is 0.345 e. The van der Waals surface area contributed by atoms with Crippen molar-refractivity contribution in [3.8, 4) is 0 Å². The number of nitrogens with zero attached hydrogens (tertiary/aromatic N) is 2. The topological polar surface area (TPSA) is 49.6 Å². The summed E-state index contributed by atoms with van der Waals surface area (Å²) < 4.78 is 0. The Morgan fingerprint density at radius 1 is 1.50 bits per heavy atom. The molecule has 0 saturated carbocycles. The highest BCUT2D eigenvalue weighted by molar-refractivity contribution is 5.78. The van der Waals surface area contributed by atoms with Crippen LogP contribution in [0.1, 0.15) is 13.3 Å². The molecular formula is C10H21N3O. The molecule has 0 aromatic carbocycles. The number of carbonyl (C=O) groups is 1. The summed E-state index contributed by atoms with van der Waals surface area (Å²) in [5, 5.41) is 0. The maximum Gasteiger partial charge on any atom is 0.236 e. The van der Waals surface area contributed by atoms with Crippen molar-refractivity contribution in [1.29, 1.82) is 0 Å². The van der Waals surface area contributed by atoms with Crippen molar-refractivity contribution in [3.05, 3.63) is 0 Å². The van der Waals surface area contributed by atoms with Crippen LogP contribution in [0.4, 0.5) is 0 Å². The van der Waals surface area contributed by atoms with Gasteiger partial charge in [-0.15, -0.1) is 0 Å². The molecule has 82 valence electrons. The van der Waals surface area contributed by atoms with E-state index < -0.39 is 0 Å². The van der Waals surface area contributed by atoms with Crippen molar-refractivity contribution in [1.82, 2.24) is 9.80 Å². The molecule has 1 aliphatic rings. The molecule has 14 heavy (non-hydrogen) atoms. The molecule has 4 nitrogen and oxygen atoms in total. The van der Waals surface area contributed by atoms with E-state index in [-0.39, 0.29) is 5.91 Å². The van der Waals surface area contributed by atoms with Crippen LogP contribution in [0.15, 0.2) is 0 Å². The van der Waals surface area contributed by atoms with Crippen LogP contribution in [-0.2, 0) is 4.79 Å². The number of likely N-dealkylation sites (N-methyl/N-ethyl adjacent to an activating group) is 1. The van der Waals surface area contributed by atoms with Gasteiger partial charge in [-0.05, 0) is 18.9 Å². The standard InChI is InChI=1S/C10H21N3O/c1-9(6-11)7-13-5-3-4-12(2)10(14)8-13/h9H,3-8,11H2,1-2H3. The van der Waals surface area contributed by atoms with Crippen molar-refractivity contribution in [3.63, 3.8) is 0 Å². The van der Waals surface area contributed by atoms with Crippen LogP contribution in [-0.4, -0.2) is 55.5 Å². The van der Waals surface area contributed by atoms with Crippen molar-refractivity contribution in [2.45, 2.75) is 13.3 Å². The predicted molar refractivity (Wildman–Crippen MR) is 56.9 cm³/mol. The molecule has 0 bridgehead atoms. The van der Waals surface area contributed by atoms with Gasteiger partial charge in [0.15, 0.2) is 0 Å². The van der Waals surface area contributed by atoms with Crippen LogP contribution in [0.25, 0.3) is 0 Å². The van der Waals surface area contributed by atoms with Crippen LogP contribution < -0.4 is 5.73 Å². The van der Waals surface area contributed by atoms with Gasteiger partial charge in [0.2, 0.25) is 5.91 Å². The van der Waals surface area contributed by atoms with Gasteiger partial charge in [-0.1, -0.05) is 6.92 Å². The first kappa shape index (κ1) is 11.5. The van der Waals surface area contributed by atoms with E-state index in [0.717, 1.165) is 26.1 Å². The average Bonchev–Trinajstić information content (AvgIpc) is 2.30. The van der Waals surface area contributed by atoms with Gasteiger partial charge in [-0.25, -0.2) is 0 Å². The first-order valence-electron chi connectivity index (χ1n) is 5.30. The Morgan fingerprint density at radius 3 is 2.86 bits per heavy atom. The maximum atomic E-state index is 11.5. The number of nitrogens with two attached hydrogens (primary N) is 1. The van der Waals surface area contributed by atoms with Crippen LogP contribution >= 0.6 is 0 Å². The van der Waals surface area contributed by atoms with E-state index in [4.69, 9.17) is 5.73 Å². The molecule has 0 aliphatic carbocycles. The van der Waals surface area contributed by atoms with Crippen molar-refractivity contribution < 1.29 is 4.79 Å². The molecule has 1 atom stereocenters. The molecule has 4 heteroatoms. The molecule has 0 aromatic rings. The molecule has 1 unspecified atom stereocenters. The summed E-state index contributed by atoms with van der Waals surface area (Å²) in [5.74, 6) is 0.706. The Bertz CT molecular complexity index is 196. The molecule has 2 N–H and O–H groups in total. The quantitative estimate of drug-likeness (QED) is 0.681. The molecule has 1 fully saturated rings. The maximum absolute atomic E-state index is 11.5. The summed E-state index contributed by atoms with van der Waals surface area (Å²) in [6.45, 7) is 6.21. The molecule has 1 heterocycles. The third kappa shape index (κ3) is 3.27. The normalized spacial score (nSPS) is 22.2. The number of rotatable bonds is 3. The Labute approximate surface area is 86.0 Å². The van der Waals surface area contributed by atoms with Crippen LogP contribution in [0.3, 0.4) is 0 Å². The van der Waals surface area contributed by atoms with Gasteiger partial charge in [-0.2, -0.15) is 0 Å². The van der Waals surface area contributed by atoms with Crippen molar-refractivity contribution >= 4 is 5.91 Å². The van der Waals surface area contributed by atoms with Crippen molar-refractivity contribution in [2.24, 2.45) is 11.7 Å². The van der Waals surface area contributed by atoms with Crippen LogP contribution in [0.2, 0.25) is 0 Å². The fourth-order valence-corrected chi connectivity index (χ4v) is 1.72. The van der Waals surface area contributed by atoms with E-state index in [0.29, 0.717) is 19.0 Å². The van der Waals surface area contributed by atoms with Gasteiger partial charge in [-0.3, -0.25) is 9.69 Å². The lowest BCUT2D eigenvalue weighted by atomic mass is 10.1. The zero-order valence-electron chi connectivity index (χ0n) is 9.20. The van der Waals surface area contributed by atoms with Crippen LogP contribution in [0.5, 0.6) is 0 Å². The van der Waals surface area contributed by atoms with E-state index in [1.807, 2.05) is 11.9 Å². The number of amides is 1. The van der Waals surface area contributed by atoms with E-state index in [1.165, 1.54) is 0 Å². The average molecular weight is 199 g/mol. The second-order valence-corrected chi connectivity index (χ2v) is 4.24. The number of hydrogen-bond donors (Lipinski definition) is 1. The first-order valence-corrected chi connectivity index (χ1v) is 5.30. The number of carbonyl (C=O) groups excluding carboxylic acids is 1. The third-order valence-corrected chi connectivity index (χ3v) is 2.72. The Hall–Kier alpha value is -0.610. The highest BCUT2D eigenvalue weighted by atomic mass is 16.2. The SMILES string of the molecule is CC(CN)CN1CCCN(C)C(=O)C1. The predicted octanol–water partition coefficient (Wildman–Crippen LogP) is -0.255. The third-order valence-electron chi connectivity index (χ3n) is 2.72. The van der Waals surface area contributed by atoms with E-state index in [1.54, 1.807) is 0 Å². The minimum atomic E-state index is 0.228. The molecule has 1 saturated heterocycles. The van der Waals surface area contributed by atoms with Gasteiger partial charge in [0, 0.05) is 26.7 Å². The summed E-state index contributed by atoms with van der Waals surface area (Å²) in [4.78, 5) is 15.6. The fourth-order valence-electron chi connectivity index (χ4n) is 1.72. The highest BCUT2D eigenvalue weighted by Crippen LogP contribution is 2.05. The zero-order valence-corrected chi connectivity index (χ0v) is 9.20. The second kappa shape index (κ2) is 5.32. The monoisotopic (exact) mass is 199 g/mol. The van der Waals surface area contributed by atoms with E-state index in [2.05, 4.69) is 11.8 Å². The molecular weight excluding hydrogens is 178 g/mol. The summed E-state index contributed by atoms with van der Waals surface area (Å²) in [7, 11) is 1.87. The molecule has 0 spiro atoms. The fraction of sp³-hybridized carbons (Fsp3) is 0.900.